The van der Waals surface area contributed by atoms with Crippen molar-refractivity contribution in [3.05, 3.63) is 89.0 Å². The molecule has 1 unspecified atom stereocenters. The Balaban J connectivity index is 1.40. The highest BCUT2D eigenvalue weighted by molar-refractivity contribution is 5.95. The van der Waals surface area contributed by atoms with Crippen molar-refractivity contribution in [2.75, 3.05) is 26.2 Å². The van der Waals surface area contributed by atoms with E-state index in [4.69, 9.17) is 24.0 Å². The van der Waals surface area contributed by atoms with Crippen LogP contribution in [-0.2, 0) is 21.2 Å². The minimum atomic E-state index is -0.587. The van der Waals surface area contributed by atoms with Gasteiger partial charge in [-0.25, -0.2) is 9.78 Å². The molecule has 7 nitrogen and oxygen atoms in total. The van der Waals surface area contributed by atoms with Crippen LogP contribution in [-0.4, -0.2) is 42.7 Å². The quantitative estimate of drug-likeness (QED) is 0.0963. The first-order valence-corrected chi connectivity index (χ1v) is 16.5. The van der Waals surface area contributed by atoms with Gasteiger partial charge in [0, 0.05) is 17.7 Å². The average molecular weight is 628 g/mol. The van der Waals surface area contributed by atoms with E-state index in [0.29, 0.717) is 19.0 Å². The summed E-state index contributed by atoms with van der Waals surface area (Å²) in [4.78, 5) is 26.0. The Kier molecular flexibility index (Phi) is 10.6. The molecule has 2 aliphatic heterocycles. The van der Waals surface area contributed by atoms with Gasteiger partial charge < -0.3 is 14.2 Å². The summed E-state index contributed by atoms with van der Waals surface area (Å²) in [5, 5.41) is 0. The van der Waals surface area contributed by atoms with E-state index < -0.39 is 11.0 Å². The second kappa shape index (κ2) is 14.4. The second-order valence-corrected chi connectivity index (χ2v) is 14.3. The molecule has 0 amide bonds. The van der Waals surface area contributed by atoms with Crippen LogP contribution in [0.4, 0.5) is 0 Å². The number of benzene rings is 3. The molecule has 0 radical (unpaired) electrons. The topological polar surface area (TPSA) is 66.5 Å². The van der Waals surface area contributed by atoms with Crippen molar-refractivity contribution >= 4 is 17.1 Å². The number of likely N-dealkylation sites (tertiary alicyclic amines) is 1. The maximum Gasteiger partial charge on any atom is 0.316 e. The number of carbonyl (C=O) groups is 1. The van der Waals surface area contributed by atoms with E-state index in [2.05, 4.69) is 30.0 Å². The Hall–Kier alpha value is -3.65. The molecule has 5 rings (SSSR count). The highest BCUT2D eigenvalue weighted by atomic mass is 17.2. The Morgan fingerprint density at radius 3 is 2.20 bits per heavy atom. The van der Waals surface area contributed by atoms with Gasteiger partial charge in [-0.15, -0.1) is 0 Å². The molecule has 246 valence electrons. The van der Waals surface area contributed by atoms with Gasteiger partial charge in [-0.2, -0.15) is 0 Å². The summed E-state index contributed by atoms with van der Waals surface area (Å²) in [6.07, 6.45) is 3.52. The lowest BCUT2D eigenvalue weighted by atomic mass is 9.86. The molecule has 0 bridgehead atoms. The third kappa shape index (κ3) is 8.78. The van der Waals surface area contributed by atoms with E-state index in [9.17, 15) is 4.79 Å². The van der Waals surface area contributed by atoms with Crippen LogP contribution in [0.15, 0.2) is 66.7 Å². The molecular weight excluding hydrogens is 578 g/mol. The SMILES string of the molecule is CC1=C(c2ccc(OC(=O)C(C)(C)C)cc2)C(c2ccc(OCCN3CCCCC3)cc2)Oc2cc(COOC(C)(C)C)ccc21. The summed E-state index contributed by atoms with van der Waals surface area (Å²) in [6.45, 7) is 17.8. The first-order valence-electron chi connectivity index (χ1n) is 16.5. The van der Waals surface area contributed by atoms with Gasteiger partial charge in [-0.3, -0.25) is 9.69 Å². The summed E-state index contributed by atoms with van der Waals surface area (Å²) in [7, 11) is 0. The lowest BCUT2D eigenvalue weighted by Crippen LogP contribution is -2.33. The number of nitrogens with zero attached hydrogens (tertiary/aromatic N) is 1. The predicted octanol–water partition coefficient (Wildman–Crippen LogP) is 8.81. The third-order valence-electron chi connectivity index (χ3n) is 8.19. The van der Waals surface area contributed by atoms with Crippen LogP contribution in [0.5, 0.6) is 17.2 Å². The minimum Gasteiger partial charge on any atom is -0.492 e. The molecule has 0 aromatic heterocycles. The standard InChI is InChI=1S/C39H49NO6/c1-27-33-20-11-28(26-43-46-39(5,6)7)25-34(33)45-36(35(27)29-12-18-32(19-13-29)44-37(41)38(2,3)4)30-14-16-31(17-15-30)42-24-23-40-21-9-8-10-22-40/h11-20,25,36H,8-10,21-24,26H2,1-7H3. The Morgan fingerprint density at radius 1 is 0.870 bits per heavy atom. The molecule has 1 fully saturated rings. The number of esters is 1. The summed E-state index contributed by atoms with van der Waals surface area (Å²) in [5.41, 5.74) is 5.18. The van der Waals surface area contributed by atoms with Crippen molar-refractivity contribution in [3.63, 3.8) is 0 Å². The molecule has 1 saturated heterocycles. The molecule has 46 heavy (non-hydrogen) atoms. The van der Waals surface area contributed by atoms with Gasteiger partial charge >= 0.3 is 5.97 Å². The molecule has 0 spiro atoms. The molecule has 0 N–H and O–H groups in total. The first-order chi connectivity index (χ1) is 21.9. The molecule has 7 heteroatoms. The number of allylic oxidation sites excluding steroid dienone is 1. The van der Waals surface area contributed by atoms with Gasteiger partial charge in [-0.1, -0.05) is 42.8 Å². The zero-order valence-corrected chi connectivity index (χ0v) is 28.5. The molecule has 2 aliphatic rings. The fraction of sp³-hybridized carbons (Fsp3) is 0.462. The average Bonchev–Trinajstić information content (AvgIpc) is 3.01. The number of rotatable bonds is 10. The van der Waals surface area contributed by atoms with Crippen molar-refractivity contribution in [1.82, 2.24) is 4.90 Å². The van der Waals surface area contributed by atoms with Gasteiger partial charge in [0.15, 0.2) is 0 Å². The fourth-order valence-electron chi connectivity index (χ4n) is 5.65. The molecule has 0 saturated carbocycles. The van der Waals surface area contributed by atoms with Crippen molar-refractivity contribution in [2.45, 2.75) is 86.0 Å². The number of hydrogen-bond acceptors (Lipinski definition) is 7. The van der Waals surface area contributed by atoms with Crippen molar-refractivity contribution in [3.8, 4) is 17.2 Å². The van der Waals surface area contributed by atoms with Gasteiger partial charge in [0.05, 0.1) is 11.0 Å². The zero-order valence-electron chi connectivity index (χ0n) is 28.5. The van der Waals surface area contributed by atoms with Gasteiger partial charge in [0.1, 0.15) is 36.6 Å². The van der Waals surface area contributed by atoms with Crippen LogP contribution in [0.1, 0.15) is 96.1 Å². The lowest BCUT2D eigenvalue weighted by molar-refractivity contribution is -0.356. The van der Waals surface area contributed by atoms with Crippen LogP contribution in [0.2, 0.25) is 0 Å². The maximum absolute atomic E-state index is 12.5. The van der Waals surface area contributed by atoms with Gasteiger partial charge in [0.2, 0.25) is 0 Å². The van der Waals surface area contributed by atoms with E-state index in [1.807, 2.05) is 90.1 Å². The van der Waals surface area contributed by atoms with Crippen LogP contribution < -0.4 is 14.2 Å². The summed E-state index contributed by atoms with van der Waals surface area (Å²) < 4.78 is 18.6. The Labute approximate surface area is 274 Å². The molecule has 2 heterocycles. The summed E-state index contributed by atoms with van der Waals surface area (Å²) in [5.74, 6) is 1.89. The van der Waals surface area contributed by atoms with Crippen LogP contribution in [0.3, 0.4) is 0 Å². The van der Waals surface area contributed by atoms with Gasteiger partial charge in [0.25, 0.3) is 0 Å². The predicted molar refractivity (Wildman–Crippen MR) is 182 cm³/mol. The smallest absolute Gasteiger partial charge is 0.316 e. The summed E-state index contributed by atoms with van der Waals surface area (Å²) in [6, 6.07) is 22.1. The largest absolute Gasteiger partial charge is 0.492 e. The number of carbonyl (C=O) groups excluding carboxylic acids is 1. The highest BCUT2D eigenvalue weighted by Gasteiger charge is 2.30. The molecule has 0 aliphatic carbocycles. The van der Waals surface area contributed by atoms with Crippen molar-refractivity contribution in [1.29, 1.82) is 0 Å². The third-order valence-corrected chi connectivity index (χ3v) is 8.19. The zero-order chi connectivity index (χ0) is 32.9. The van der Waals surface area contributed by atoms with Crippen LogP contribution in [0, 0.1) is 5.41 Å². The number of piperidine rings is 1. The van der Waals surface area contributed by atoms with E-state index in [-0.39, 0.29) is 12.1 Å². The Morgan fingerprint density at radius 2 is 1.54 bits per heavy atom. The monoisotopic (exact) mass is 627 g/mol. The normalized spacial score (nSPS) is 17.3. The van der Waals surface area contributed by atoms with Crippen molar-refractivity contribution < 1.29 is 28.8 Å². The summed E-state index contributed by atoms with van der Waals surface area (Å²) >= 11 is 0. The van der Waals surface area contributed by atoms with E-state index in [0.717, 1.165) is 64.5 Å². The highest BCUT2D eigenvalue weighted by Crippen LogP contribution is 2.47. The fourth-order valence-corrected chi connectivity index (χ4v) is 5.65. The minimum absolute atomic E-state index is 0.269. The molecular formula is C39H49NO6. The molecule has 3 aromatic carbocycles. The van der Waals surface area contributed by atoms with Crippen LogP contribution >= 0.6 is 0 Å². The maximum atomic E-state index is 12.5. The van der Waals surface area contributed by atoms with E-state index in [1.165, 1.54) is 19.3 Å². The first kappa shape index (κ1) is 33.7. The van der Waals surface area contributed by atoms with E-state index in [1.54, 1.807) is 0 Å². The molecule has 1 atom stereocenters. The van der Waals surface area contributed by atoms with E-state index >= 15 is 0 Å². The molecule has 3 aromatic rings. The number of hydrogen-bond donors (Lipinski definition) is 0. The Bertz CT molecular complexity index is 1510. The van der Waals surface area contributed by atoms with Crippen molar-refractivity contribution in [2.24, 2.45) is 5.41 Å². The number of fused-ring (bicyclic) bond motifs is 1. The van der Waals surface area contributed by atoms with Gasteiger partial charge in [-0.05, 0) is 127 Å². The number of ether oxygens (including phenoxy) is 3. The lowest BCUT2D eigenvalue weighted by Gasteiger charge is -2.31. The second-order valence-electron chi connectivity index (χ2n) is 14.3. The van der Waals surface area contributed by atoms with Crippen LogP contribution in [0.25, 0.3) is 11.1 Å².